The summed E-state index contributed by atoms with van der Waals surface area (Å²) < 4.78 is 11.1. The highest BCUT2D eigenvalue weighted by Crippen LogP contribution is 2.62. The Balaban J connectivity index is 1.06. The van der Waals surface area contributed by atoms with Gasteiger partial charge in [0, 0.05) is 0 Å². The quantitative estimate of drug-likeness (QED) is 0.321. The summed E-state index contributed by atoms with van der Waals surface area (Å²) in [5, 5.41) is 38.0. The third-order valence-electron chi connectivity index (χ3n) is 8.42. The van der Waals surface area contributed by atoms with Crippen LogP contribution in [0.4, 0.5) is 0 Å². The van der Waals surface area contributed by atoms with Gasteiger partial charge in [-0.15, -0.1) is 0 Å². The standard InChI is InChI=1S/C28H32O8/c29-23-3-1-15(7-25(23)31)9-27(33)35-13-17-5-20-18-11-19(21(12-18)22(20)6-17)14-36-28(34)10-16-2-4-24(30)26(32)8-16/h1-4,7-8,17-22,29-32H,5-6,9-14H2. The smallest absolute Gasteiger partial charge is 0.310 e. The first kappa shape index (κ1) is 24.3. The molecule has 0 heterocycles. The van der Waals surface area contributed by atoms with Crippen molar-refractivity contribution in [2.24, 2.45) is 35.5 Å². The Labute approximate surface area is 209 Å². The maximum Gasteiger partial charge on any atom is 0.310 e. The molecule has 0 aromatic heterocycles. The van der Waals surface area contributed by atoms with Gasteiger partial charge in [-0.25, -0.2) is 0 Å². The minimum atomic E-state index is -0.341. The first-order valence-electron chi connectivity index (χ1n) is 12.6. The summed E-state index contributed by atoms with van der Waals surface area (Å²) >= 11 is 0. The van der Waals surface area contributed by atoms with Crippen molar-refractivity contribution in [2.75, 3.05) is 13.2 Å². The molecule has 2 aromatic carbocycles. The second-order valence-electron chi connectivity index (χ2n) is 10.7. The van der Waals surface area contributed by atoms with Crippen molar-refractivity contribution in [2.45, 2.75) is 38.5 Å². The molecule has 0 spiro atoms. The van der Waals surface area contributed by atoms with E-state index in [0.717, 1.165) is 19.3 Å². The van der Waals surface area contributed by atoms with Crippen LogP contribution in [-0.2, 0) is 31.9 Å². The lowest BCUT2D eigenvalue weighted by atomic mass is 9.76. The van der Waals surface area contributed by atoms with Gasteiger partial charge in [-0.1, -0.05) is 12.1 Å². The predicted octanol–water partition coefficient (Wildman–Crippen LogP) is 3.68. The summed E-state index contributed by atoms with van der Waals surface area (Å²) in [4.78, 5) is 24.6. The van der Waals surface area contributed by atoms with E-state index in [1.807, 2.05) is 0 Å². The van der Waals surface area contributed by atoms with Gasteiger partial charge >= 0.3 is 11.9 Å². The molecule has 2 bridgehead atoms. The molecule has 3 aliphatic carbocycles. The third-order valence-corrected chi connectivity index (χ3v) is 8.42. The molecule has 36 heavy (non-hydrogen) atoms. The molecule has 0 amide bonds. The largest absolute Gasteiger partial charge is 0.504 e. The summed E-state index contributed by atoms with van der Waals surface area (Å²) in [6.45, 7) is 0.806. The topological polar surface area (TPSA) is 134 Å². The van der Waals surface area contributed by atoms with Gasteiger partial charge in [0.25, 0.3) is 0 Å². The van der Waals surface area contributed by atoms with E-state index < -0.39 is 0 Å². The van der Waals surface area contributed by atoms with E-state index in [9.17, 15) is 30.0 Å². The molecule has 8 nitrogen and oxygen atoms in total. The molecule has 3 saturated carbocycles. The van der Waals surface area contributed by atoms with E-state index in [0.29, 0.717) is 59.8 Å². The van der Waals surface area contributed by atoms with Gasteiger partial charge in [-0.2, -0.15) is 0 Å². The molecule has 0 aliphatic heterocycles. The van der Waals surface area contributed by atoms with Gasteiger partial charge in [0.2, 0.25) is 0 Å². The van der Waals surface area contributed by atoms with Crippen molar-refractivity contribution >= 4 is 11.9 Å². The Morgan fingerprint density at radius 2 is 1.22 bits per heavy atom. The predicted molar refractivity (Wildman–Crippen MR) is 128 cm³/mol. The number of hydrogen-bond acceptors (Lipinski definition) is 8. The van der Waals surface area contributed by atoms with E-state index in [1.54, 1.807) is 12.1 Å². The fourth-order valence-corrected chi connectivity index (χ4v) is 6.86. The Bertz CT molecular complexity index is 1140. The first-order valence-corrected chi connectivity index (χ1v) is 12.6. The molecule has 4 N–H and O–H groups in total. The summed E-state index contributed by atoms with van der Waals surface area (Å²) in [5.74, 6) is 1.49. The molecule has 2 aromatic rings. The minimum absolute atomic E-state index is 0.0515. The third kappa shape index (κ3) is 5.08. The van der Waals surface area contributed by atoms with Crippen LogP contribution in [0, 0.1) is 35.5 Å². The van der Waals surface area contributed by atoms with E-state index in [4.69, 9.17) is 9.47 Å². The van der Waals surface area contributed by atoms with Crippen LogP contribution in [0.1, 0.15) is 36.8 Å². The molecule has 3 aliphatic rings. The number of ether oxygens (including phenoxy) is 2. The normalized spacial score (nSPS) is 28.1. The Hall–Kier alpha value is -3.42. The fourth-order valence-electron chi connectivity index (χ4n) is 6.86. The van der Waals surface area contributed by atoms with Crippen molar-refractivity contribution in [1.82, 2.24) is 0 Å². The number of phenols is 4. The van der Waals surface area contributed by atoms with Gasteiger partial charge < -0.3 is 29.9 Å². The number of hydrogen-bond donors (Lipinski definition) is 4. The lowest BCUT2D eigenvalue weighted by Gasteiger charge is -2.31. The van der Waals surface area contributed by atoms with Crippen LogP contribution < -0.4 is 0 Å². The summed E-state index contributed by atoms with van der Waals surface area (Å²) in [7, 11) is 0. The average molecular weight is 497 g/mol. The molecule has 192 valence electrons. The van der Waals surface area contributed by atoms with Gasteiger partial charge in [0.15, 0.2) is 23.0 Å². The molecule has 0 radical (unpaired) electrons. The van der Waals surface area contributed by atoms with Gasteiger partial charge in [0.1, 0.15) is 0 Å². The number of carbonyl (C=O) groups is 2. The number of aromatic hydroxyl groups is 4. The van der Waals surface area contributed by atoms with Crippen LogP contribution in [0.2, 0.25) is 0 Å². The molecule has 0 saturated heterocycles. The number of fused-ring (bicyclic) bond motifs is 5. The lowest BCUT2D eigenvalue weighted by Crippen LogP contribution is -2.28. The van der Waals surface area contributed by atoms with Crippen LogP contribution in [0.5, 0.6) is 23.0 Å². The zero-order valence-corrected chi connectivity index (χ0v) is 20.0. The molecular formula is C28H32O8. The van der Waals surface area contributed by atoms with Crippen molar-refractivity contribution < 1.29 is 39.5 Å². The van der Waals surface area contributed by atoms with E-state index in [2.05, 4.69) is 0 Å². The molecule has 6 unspecified atom stereocenters. The maximum absolute atomic E-state index is 12.3. The zero-order valence-electron chi connectivity index (χ0n) is 20.0. The lowest BCUT2D eigenvalue weighted by molar-refractivity contribution is -0.145. The highest BCUT2D eigenvalue weighted by molar-refractivity contribution is 5.73. The van der Waals surface area contributed by atoms with Crippen LogP contribution in [-0.4, -0.2) is 45.6 Å². The van der Waals surface area contributed by atoms with Crippen LogP contribution in [0.15, 0.2) is 36.4 Å². The van der Waals surface area contributed by atoms with Crippen LogP contribution >= 0.6 is 0 Å². The Kier molecular flexibility index (Phi) is 6.69. The van der Waals surface area contributed by atoms with Crippen molar-refractivity contribution in [3.63, 3.8) is 0 Å². The van der Waals surface area contributed by atoms with Crippen molar-refractivity contribution in [1.29, 1.82) is 0 Å². The van der Waals surface area contributed by atoms with E-state index in [-0.39, 0.29) is 47.8 Å². The maximum atomic E-state index is 12.3. The first-order chi connectivity index (χ1) is 17.3. The molecule has 6 atom stereocenters. The number of phenolic OH excluding ortho intramolecular Hbond substituents is 4. The van der Waals surface area contributed by atoms with Crippen LogP contribution in [0.3, 0.4) is 0 Å². The second kappa shape index (κ2) is 9.91. The molecular weight excluding hydrogens is 464 g/mol. The second-order valence-corrected chi connectivity index (χ2v) is 10.7. The minimum Gasteiger partial charge on any atom is -0.504 e. The molecule has 8 heteroatoms. The monoisotopic (exact) mass is 496 g/mol. The molecule has 3 fully saturated rings. The van der Waals surface area contributed by atoms with E-state index in [1.165, 1.54) is 30.7 Å². The van der Waals surface area contributed by atoms with Gasteiger partial charge in [-0.3, -0.25) is 9.59 Å². The highest BCUT2D eigenvalue weighted by atomic mass is 16.5. The Morgan fingerprint density at radius 1 is 0.667 bits per heavy atom. The summed E-state index contributed by atoms with van der Waals surface area (Å²) in [6.07, 6.45) is 4.44. The molecule has 5 rings (SSSR count). The SMILES string of the molecule is O=C(Cc1ccc(O)c(O)c1)OCC1CC2C3CC(COC(=O)Cc4ccc(O)c(O)c4)C(C3)C2C1. The van der Waals surface area contributed by atoms with Crippen molar-refractivity contribution in [3.8, 4) is 23.0 Å². The number of benzene rings is 2. The van der Waals surface area contributed by atoms with Crippen LogP contribution in [0.25, 0.3) is 0 Å². The number of rotatable bonds is 8. The number of carbonyl (C=O) groups excluding carboxylic acids is 2. The highest BCUT2D eigenvalue weighted by Gasteiger charge is 2.56. The number of esters is 2. The zero-order chi connectivity index (χ0) is 25.4. The van der Waals surface area contributed by atoms with Crippen molar-refractivity contribution in [3.05, 3.63) is 47.5 Å². The van der Waals surface area contributed by atoms with Gasteiger partial charge in [-0.05, 0) is 96.6 Å². The Morgan fingerprint density at radius 3 is 1.81 bits per heavy atom. The summed E-state index contributed by atoms with van der Waals surface area (Å²) in [6, 6.07) is 8.65. The fraction of sp³-hybridized carbons (Fsp3) is 0.500. The average Bonchev–Trinajstić information content (AvgIpc) is 3.53. The van der Waals surface area contributed by atoms with E-state index >= 15 is 0 Å². The summed E-state index contributed by atoms with van der Waals surface area (Å²) in [5.41, 5.74) is 1.19. The van der Waals surface area contributed by atoms with Gasteiger partial charge in [0.05, 0.1) is 26.1 Å².